The summed E-state index contributed by atoms with van der Waals surface area (Å²) >= 11 is 1.53. The van der Waals surface area contributed by atoms with E-state index in [4.69, 9.17) is 5.73 Å². The summed E-state index contributed by atoms with van der Waals surface area (Å²) in [6.45, 7) is 2.93. The summed E-state index contributed by atoms with van der Waals surface area (Å²) in [5.41, 5.74) is 5.64. The number of aryl methyl sites for hydroxylation is 1. The molecule has 2 heterocycles. The number of hydrogen-bond donors (Lipinski definition) is 1. The van der Waals surface area contributed by atoms with Crippen molar-refractivity contribution < 1.29 is 0 Å². The van der Waals surface area contributed by atoms with Crippen LogP contribution in [-0.2, 0) is 6.54 Å². The Morgan fingerprint density at radius 2 is 2.38 bits per heavy atom. The van der Waals surface area contributed by atoms with Gasteiger partial charge in [-0.25, -0.2) is 0 Å². The van der Waals surface area contributed by atoms with E-state index in [0.717, 1.165) is 22.2 Å². The lowest BCUT2D eigenvalue weighted by Gasteiger charge is -1.98. The Kier molecular flexibility index (Phi) is 2.02. The van der Waals surface area contributed by atoms with Crippen molar-refractivity contribution in [1.82, 2.24) is 14.8 Å². The molecule has 0 saturated heterocycles. The van der Waals surface area contributed by atoms with Crippen LogP contribution in [-0.4, -0.2) is 14.8 Å². The molecule has 4 nitrogen and oxygen atoms in total. The summed E-state index contributed by atoms with van der Waals surface area (Å²) in [5, 5.41) is 8.70. The molecule has 68 valence electrons. The smallest absolute Gasteiger partial charge is 0.173 e. The molecule has 0 saturated carbocycles. The first kappa shape index (κ1) is 8.25. The van der Waals surface area contributed by atoms with Crippen LogP contribution in [0, 0.1) is 0 Å². The average molecular weight is 194 g/mol. The molecule has 2 N–H and O–H groups in total. The van der Waals surface area contributed by atoms with E-state index in [1.165, 1.54) is 11.3 Å². The molecule has 0 aromatic carbocycles. The highest BCUT2D eigenvalue weighted by atomic mass is 32.1. The van der Waals surface area contributed by atoms with Crippen molar-refractivity contribution in [2.24, 2.45) is 0 Å². The second kappa shape index (κ2) is 3.18. The lowest BCUT2D eigenvalue weighted by molar-refractivity contribution is 0.768. The van der Waals surface area contributed by atoms with Crippen molar-refractivity contribution in [2.45, 2.75) is 13.5 Å². The minimum absolute atomic E-state index is 0.806. The first-order valence-corrected chi connectivity index (χ1v) is 4.86. The van der Waals surface area contributed by atoms with E-state index in [1.807, 2.05) is 16.7 Å². The zero-order valence-electron chi connectivity index (χ0n) is 7.27. The zero-order valence-corrected chi connectivity index (χ0v) is 8.08. The van der Waals surface area contributed by atoms with Gasteiger partial charge in [0.1, 0.15) is 6.33 Å². The monoisotopic (exact) mass is 194 g/mol. The number of hydrogen-bond acceptors (Lipinski definition) is 4. The van der Waals surface area contributed by atoms with E-state index in [9.17, 15) is 0 Å². The normalized spacial score (nSPS) is 10.5. The van der Waals surface area contributed by atoms with E-state index in [1.54, 1.807) is 6.33 Å². The molecular formula is C8H10N4S. The Morgan fingerprint density at radius 1 is 1.54 bits per heavy atom. The Bertz CT molecular complexity index is 404. The molecule has 0 amide bonds. The third-order valence-electron chi connectivity index (χ3n) is 1.80. The van der Waals surface area contributed by atoms with Crippen LogP contribution < -0.4 is 5.73 Å². The number of nitrogen functional groups attached to an aromatic ring is 1. The number of rotatable bonds is 2. The molecule has 0 radical (unpaired) electrons. The molecule has 0 aliphatic rings. The van der Waals surface area contributed by atoms with Crippen LogP contribution in [0.15, 0.2) is 18.5 Å². The molecule has 0 aliphatic carbocycles. The molecule has 2 aromatic rings. The van der Waals surface area contributed by atoms with Gasteiger partial charge in [0.15, 0.2) is 5.82 Å². The maximum atomic E-state index is 5.64. The van der Waals surface area contributed by atoms with Crippen LogP contribution in [0.4, 0.5) is 5.00 Å². The summed E-state index contributed by atoms with van der Waals surface area (Å²) in [4.78, 5) is 1.07. The lowest BCUT2D eigenvalue weighted by atomic mass is 10.4. The fraction of sp³-hybridized carbons (Fsp3) is 0.250. The molecule has 0 atom stereocenters. The molecule has 0 unspecified atom stereocenters. The van der Waals surface area contributed by atoms with Crippen LogP contribution in [0.2, 0.25) is 0 Å². The number of nitrogens with zero attached hydrogens (tertiary/aromatic N) is 3. The molecule has 0 fully saturated rings. The van der Waals surface area contributed by atoms with Gasteiger partial charge in [-0.1, -0.05) is 0 Å². The molecule has 5 heteroatoms. The zero-order chi connectivity index (χ0) is 9.26. The van der Waals surface area contributed by atoms with Gasteiger partial charge in [0, 0.05) is 6.54 Å². The predicted molar refractivity (Wildman–Crippen MR) is 53.4 cm³/mol. The first-order valence-electron chi connectivity index (χ1n) is 4.04. The van der Waals surface area contributed by atoms with E-state index in [-0.39, 0.29) is 0 Å². The highest BCUT2D eigenvalue weighted by Crippen LogP contribution is 2.27. The Labute approximate surface area is 80.0 Å². The summed E-state index contributed by atoms with van der Waals surface area (Å²) in [7, 11) is 0. The SMILES string of the molecule is CCn1cnnc1-c1ccc(N)s1. The Morgan fingerprint density at radius 3 is 3.00 bits per heavy atom. The van der Waals surface area contributed by atoms with E-state index >= 15 is 0 Å². The molecular weight excluding hydrogens is 184 g/mol. The highest BCUT2D eigenvalue weighted by molar-refractivity contribution is 7.19. The fourth-order valence-corrected chi connectivity index (χ4v) is 1.93. The molecule has 0 bridgehead atoms. The minimum atomic E-state index is 0.806. The quantitative estimate of drug-likeness (QED) is 0.790. The van der Waals surface area contributed by atoms with Gasteiger partial charge in [-0.2, -0.15) is 0 Å². The van der Waals surface area contributed by atoms with Crippen LogP contribution in [0.5, 0.6) is 0 Å². The molecule has 2 rings (SSSR count). The largest absolute Gasteiger partial charge is 0.391 e. The third kappa shape index (κ3) is 1.42. The molecule has 2 aromatic heterocycles. The van der Waals surface area contributed by atoms with E-state index in [2.05, 4.69) is 17.1 Å². The van der Waals surface area contributed by atoms with Crippen LogP contribution in [0.25, 0.3) is 10.7 Å². The molecule has 0 aliphatic heterocycles. The van der Waals surface area contributed by atoms with Crippen LogP contribution in [0.3, 0.4) is 0 Å². The van der Waals surface area contributed by atoms with Crippen molar-refractivity contribution in [3.05, 3.63) is 18.5 Å². The van der Waals surface area contributed by atoms with Gasteiger partial charge in [0.2, 0.25) is 0 Å². The maximum Gasteiger partial charge on any atom is 0.173 e. The van der Waals surface area contributed by atoms with E-state index in [0.29, 0.717) is 0 Å². The Balaban J connectivity index is 2.45. The van der Waals surface area contributed by atoms with Crippen molar-refractivity contribution in [1.29, 1.82) is 0 Å². The second-order valence-corrected chi connectivity index (χ2v) is 3.76. The van der Waals surface area contributed by atoms with Gasteiger partial charge in [-0.05, 0) is 19.1 Å². The lowest BCUT2D eigenvalue weighted by Crippen LogP contribution is -1.93. The standard InChI is InChI=1S/C8H10N4S/c1-2-12-5-10-11-8(12)6-3-4-7(9)13-6/h3-5H,2,9H2,1H3. The van der Waals surface area contributed by atoms with Gasteiger partial charge in [-0.3, -0.25) is 0 Å². The fourth-order valence-electron chi connectivity index (χ4n) is 1.15. The number of aromatic nitrogens is 3. The highest BCUT2D eigenvalue weighted by Gasteiger charge is 2.07. The van der Waals surface area contributed by atoms with Crippen molar-refractivity contribution in [3.8, 4) is 10.7 Å². The molecule has 13 heavy (non-hydrogen) atoms. The first-order chi connectivity index (χ1) is 6.31. The third-order valence-corrected chi connectivity index (χ3v) is 2.71. The predicted octanol–water partition coefficient (Wildman–Crippen LogP) is 1.61. The topological polar surface area (TPSA) is 56.7 Å². The molecule has 0 spiro atoms. The summed E-state index contributed by atoms with van der Waals surface area (Å²) in [6.07, 6.45) is 1.73. The van der Waals surface area contributed by atoms with Crippen molar-refractivity contribution >= 4 is 16.3 Å². The number of thiophene rings is 1. The minimum Gasteiger partial charge on any atom is -0.391 e. The number of anilines is 1. The van der Waals surface area contributed by atoms with E-state index < -0.39 is 0 Å². The average Bonchev–Trinajstić information content (AvgIpc) is 2.71. The van der Waals surface area contributed by atoms with Crippen LogP contribution >= 0.6 is 11.3 Å². The maximum absolute atomic E-state index is 5.64. The van der Waals surface area contributed by atoms with Crippen LogP contribution in [0.1, 0.15) is 6.92 Å². The number of nitrogens with two attached hydrogens (primary N) is 1. The van der Waals surface area contributed by atoms with Crippen molar-refractivity contribution in [3.63, 3.8) is 0 Å². The summed E-state index contributed by atoms with van der Waals surface area (Å²) in [6, 6.07) is 3.85. The second-order valence-electron chi connectivity index (χ2n) is 2.64. The summed E-state index contributed by atoms with van der Waals surface area (Å²) < 4.78 is 1.99. The summed E-state index contributed by atoms with van der Waals surface area (Å²) in [5.74, 6) is 0.893. The Hall–Kier alpha value is -1.36. The van der Waals surface area contributed by atoms with Crippen molar-refractivity contribution in [2.75, 3.05) is 5.73 Å². The van der Waals surface area contributed by atoms with Gasteiger partial charge in [0.25, 0.3) is 0 Å². The van der Waals surface area contributed by atoms with Gasteiger partial charge >= 0.3 is 0 Å². The van der Waals surface area contributed by atoms with Gasteiger partial charge in [0.05, 0.1) is 9.88 Å². The van der Waals surface area contributed by atoms with Gasteiger partial charge in [-0.15, -0.1) is 21.5 Å². The van der Waals surface area contributed by atoms with Gasteiger partial charge < -0.3 is 10.3 Å².